The average molecular weight is 348 g/mol. The Kier molecular flexibility index (Phi) is 5.00. The summed E-state index contributed by atoms with van der Waals surface area (Å²) >= 11 is 3.34. The van der Waals surface area contributed by atoms with Crippen molar-refractivity contribution in [2.45, 2.75) is 35.5 Å². The van der Waals surface area contributed by atoms with Crippen LogP contribution in [0.25, 0.3) is 0 Å². The lowest BCUT2D eigenvalue weighted by molar-refractivity contribution is 0.178. The van der Waals surface area contributed by atoms with Crippen molar-refractivity contribution >= 4 is 26.0 Å². The average Bonchev–Trinajstić information content (AvgIpc) is 2.36. The van der Waals surface area contributed by atoms with E-state index < -0.39 is 10.0 Å². The Labute approximate surface area is 122 Å². The van der Waals surface area contributed by atoms with Crippen LogP contribution in [0.15, 0.2) is 29.2 Å². The predicted octanol–water partition coefficient (Wildman–Crippen LogP) is 2.12. The summed E-state index contributed by atoms with van der Waals surface area (Å²) in [6, 6.07) is 6.93. The van der Waals surface area contributed by atoms with Crippen LogP contribution in [0, 0.1) is 0 Å². The number of aliphatic hydroxyl groups is 1. The zero-order valence-corrected chi connectivity index (χ0v) is 13.0. The Hall–Kier alpha value is -0.430. The molecule has 106 valence electrons. The number of rotatable bonds is 6. The van der Waals surface area contributed by atoms with E-state index in [4.69, 9.17) is 5.11 Å². The fourth-order valence-electron chi connectivity index (χ4n) is 2.16. The van der Waals surface area contributed by atoms with Crippen LogP contribution in [-0.4, -0.2) is 37.0 Å². The third-order valence-electron chi connectivity index (χ3n) is 3.49. The highest BCUT2D eigenvalue weighted by molar-refractivity contribution is 9.08. The van der Waals surface area contributed by atoms with Crippen LogP contribution in [0.5, 0.6) is 0 Å². The van der Waals surface area contributed by atoms with Crippen LogP contribution in [0.1, 0.15) is 24.8 Å². The molecule has 1 aliphatic rings. The van der Waals surface area contributed by atoms with Gasteiger partial charge in [-0.05, 0) is 30.5 Å². The van der Waals surface area contributed by atoms with Crippen LogP contribution < -0.4 is 0 Å². The molecule has 4 nitrogen and oxygen atoms in total. The van der Waals surface area contributed by atoms with Gasteiger partial charge in [-0.2, -0.15) is 4.31 Å². The molecule has 0 atom stereocenters. The maximum atomic E-state index is 12.6. The van der Waals surface area contributed by atoms with E-state index in [2.05, 4.69) is 15.9 Å². The largest absolute Gasteiger partial charge is 0.395 e. The first-order valence-corrected chi connectivity index (χ1v) is 8.93. The summed E-state index contributed by atoms with van der Waals surface area (Å²) in [5.74, 6) is 0. The van der Waals surface area contributed by atoms with E-state index in [0.717, 1.165) is 24.8 Å². The van der Waals surface area contributed by atoms with Crippen LogP contribution in [0.4, 0.5) is 0 Å². The molecule has 0 saturated heterocycles. The Morgan fingerprint density at radius 1 is 1.26 bits per heavy atom. The number of hydrogen-bond acceptors (Lipinski definition) is 3. The van der Waals surface area contributed by atoms with Crippen molar-refractivity contribution in [2.24, 2.45) is 0 Å². The van der Waals surface area contributed by atoms with Gasteiger partial charge in [0.15, 0.2) is 0 Å². The van der Waals surface area contributed by atoms with Gasteiger partial charge in [0.25, 0.3) is 0 Å². The van der Waals surface area contributed by atoms with E-state index in [0.29, 0.717) is 10.2 Å². The monoisotopic (exact) mass is 347 g/mol. The Balaban J connectivity index is 2.26. The summed E-state index contributed by atoms with van der Waals surface area (Å²) in [7, 11) is -3.49. The molecule has 0 bridgehead atoms. The number of sulfonamides is 1. The molecule has 1 saturated carbocycles. The highest BCUT2D eigenvalue weighted by Gasteiger charge is 2.34. The van der Waals surface area contributed by atoms with Crippen molar-refractivity contribution in [3.8, 4) is 0 Å². The van der Waals surface area contributed by atoms with Crippen molar-refractivity contribution < 1.29 is 13.5 Å². The minimum Gasteiger partial charge on any atom is -0.395 e. The molecule has 0 unspecified atom stereocenters. The molecular formula is C13H18BrNO3S. The van der Waals surface area contributed by atoms with Gasteiger partial charge in [-0.25, -0.2) is 8.42 Å². The highest BCUT2D eigenvalue weighted by atomic mass is 79.9. The van der Waals surface area contributed by atoms with Crippen molar-refractivity contribution in [1.29, 1.82) is 0 Å². The minimum absolute atomic E-state index is 0.0491. The molecule has 1 aromatic carbocycles. The zero-order chi connectivity index (χ0) is 13.9. The molecule has 1 aromatic rings. The summed E-state index contributed by atoms with van der Waals surface area (Å²) in [6.45, 7) is 0.0302. The topological polar surface area (TPSA) is 57.6 Å². The highest BCUT2D eigenvalue weighted by Crippen LogP contribution is 2.29. The molecular weight excluding hydrogens is 330 g/mol. The number of hydrogen-bond donors (Lipinski definition) is 1. The summed E-state index contributed by atoms with van der Waals surface area (Å²) in [6.07, 6.45) is 2.84. The Bertz CT molecular complexity index is 511. The van der Waals surface area contributed by atoms with Crippen LogP contribution >= 0.6 is 15.9 Å². The number of alkyl halides is 1. The molecule has 1 fully saturated rings. The molecule has 0 radical (unpaired) electrons. The van der Waals surface area contributed by atoms with Crippen LogP contribution in [0.2, 0.25) is 0 Å². The quantitative estimate of drug-likeness (QED) is 0.802. The van der Waals surface area contributed by atoms with Crippen molar-refractivity contribution in [3.63, 3.8) is 0 Å². The third-order valence-corrected chi connectivity index (χ3v) is 6.10. The lowest BCUT2D eigenvalue weighted by atomic mass is 9.93. The fourth-order valence-corrected chi connectivity index (χ4v) is 4.21. The first-order valence-electron chi connectivity index (χ1n) is 6.37. The SMILES string of the molecule is O=S(=O)(c1ccc(CBr)cc1)N(CCO)C1CCC1. The maximum absolute atomic E-state index is 12.6. The van der Waals surface area contributed by atoms with E-state index in [-0.39, 0.29) is 19.2 Å². The lowest BCUT2D eigenvalue weighted by Crippen LogP contribution is -2.45. The maximum Gasteiger partial charge on any atom is 0.243 e. The van der Waals surface area contributed by atoms with Crippen molar-refractivity contribution in [3.05, 3.63) is 29.8 Å². The van der Waals surface area contributed by atoms with Gasteiger partial charge in [-0.15, -0.1) is 0 Å². The van der Waals surface area contributed by atoms with E-state index in [1.807, 2.05) is 0 Å². The predicted molar refractivity (Wildman–Crippen MR) is 77.7 cm³/mol. The Morgan fingerprint density at radius 3 is 2.32 bits per heavy atom. The Morgan fingerprint density at radius 2 is 1.89 bits per heavy atom. The molecule has 0 amide bonds. The van der Waals surface area contributed by atoms with Gasteiger partial charge >= 0.3 is 0 Å². The second kappa shape index (κ2) is 6.35. The summed E-state index contributed by atoms with van der Waals surface area (Å²) in [5, 5.41) is 9.79. The molecule has 1 N–H and O–H groups in total. The summed E-state index contributed by atoms with van der Waals surface area (Å²) in [5.41, 5.74) is 1.04. The molecule has 19 heavy (non-hydrogen) atoms. The molecule has 1 aliphatic carbocycles. The smallest absolute Gasteiger partial charge is 0.243 e. The third kappa shape index (κ3) is 3.18. The molecule has 0 aliphatic heterocycles. The first kappa shape index (κ1) is 15.0. The number of nitrogens with zero attached hydrogens (tertiary/aromatic N) is 1. The standard InChI is InChI=1S/C13H18BrNO3S/c14-10-11-4-6-13(7-5-11)19(17,18)15(8-9-16)12-2-1-3-12/h4-7,12,16H,1-3,8-10H2. The van der Waals surface area contributed by atoms with E-state index in [1.54, 1.807) is 24.3 Å². The second-order valence-electron chi connectivity index (χ2n) is 4.70. The van der Waals surface area contributed by atoms with Crippen molar-refractivity contribution in [2.75, 3.05) is 13.2 Å². The molecule has 0 heterocycles. The minimum atomic E-state index is -3.49. The fraction of sp³-hybridized carbons (Fsp3) is 0.538. The second-order valence-corrected chi connectivity index (χ2v) is 7.15. The van der Waals surface area contributed by atoms with Crippen LogP contribution in [-0.2, 0) is 15.4 Å². The van der Waals surface area contributed by atoms with E-state index in [9.17, 15) is 8.42 Å². The van der Waals surface area contributed by atoms with E-state index >= 15 is 0 Å². The molecule has 2 rings (SSSR count). The van der Waals surface area contributed by atoms with Gasteiger partial charge in [-0.1, -0.05) is 34.5 Å². The van der Waals surface area contributed by atoms with Gasteiger partial charge in [0.1, 0.15) is 0 Å². The van der Waals surface area contributed by atoms with Gasteiger partial charge in [-0.3, -0.25) is 0 Å². The normalized spacial score (nSPS) is 16.6. The number of halogens is 1. The van der Waals surface area contributed by atoms with Gasteiger partial charge in [0.05, 0.1) is 11.5 Å². The van der Waals surface area contributed by atoms with Crippen LogP contribution in [0.3, 0.4) is 0 Å². The van der Waals surface area contributed by atoms with Gasteiger partial charge in [0, 0.05) is 17.9 Å². The number of aliphatic hydroxyl groups excluding tert-OH is 1. The molecule has 0 spiro atoms. The molecule has 6 heteroatoms. The zero-order valence-electron chi connectivity index (χ0n) is 10.6. The van der Waals surface area contributed by atoms with Gasteiger partial charge in [0.2, 0.25) is 10.0 Å². The molecule has 0 aromatic heterocycles. The lowest BCUT2D eigenvalue weighted by Gasteiger charge is -2.36. The van der Waals surface area contributed by atoms with Crippen molar-refractivity contribution in [1.82, 2.24) is 4.31 Å². The summed E-state index contributed by atoms with van der Waals surface area (Å²) in [4.78, 5) is 0.303. The van der Waals surface area contributed by atoms with E-state index in [1.165, 1.54) is 4.31 Å². The number of benzene rings is 1. The summed E-state index contributed by atoms with van der Waals surface area (Å²) < 4.78 is 26.6. The van der Waals surface area contributed by atoms with Gasteiger partial charge < -0.3 is 5.11 Å². The first-order chi connectivity index (χ1) is 9.09.